The molecular weight excluding hydrogens is 332 g/mol. The second-order valence-electron chi connectivity index (χ2n) is 6.27. The molecule has 0 aliphatic carbocycles. The van der Waals surface area contributed by atoms with Crippen LogP contribution in [0, 0.1) is 0 Å². The first kappa shape index (κ1) is 16.7. The molecule has 1 aliphatic heterocycles. The lowest BCUT2D eigenvalue weighted by molar-refractivity contribution is 0.0382. The van der Waals surface area contributed by atoms with Crippen molar-refractivity contribution in [1.82, 2.24) is 19.5 Å². The summed E-state index contributed by atoms with van der Waals surface area (Å²) in [6, 6.07) is 13.2. The number of nitrogens with zero attached hydrogens (tertiary/aromatic N) is 4. The smallest absolute Gasteiger partial charge is 0.339 e. The van der Waals surface area contributed by atoms with Gasteiger partial charge in [0.2, 0.25) is 0 Å². The van der Waals surface area contributed by atoms with Gasteiger partial charge in [0.15, 0.2) is 11.5 Å². The lowest BCUT2D eigenvalue weighted by Gasteiger charge is -2.25. The van der Waals surface area contributed by atoms with Crippen LogP contribution in [0.4, 0.5) is 0 Å². The van der Waals surface area contributed by atoms with Crippen LogP contribution in [0.3, 0.4) is 0 Å². The van der Waals surface area contributed by atoms with Gasteiger partial charge in [-0.25, -0.2) is 14.3 Å². The third-order valence-electron chi connectivity index (χ3n) is 4.58. The third kappa shape index (κ3) is 3.31. The third-order valence-corrected chi connectivity index (χ3v) is 4.58. The van der Waals surface area contributed by atoms with Crippen molar-refractivity contribution in [2.75, 3.05) is 32.8 Å². The van der Waals surface area contributed by atoms with E-state index in [1.54, 1.807) is 16.6 Å². The summed E-state index contributed by atoms with van der Waals surface area (Å²) in [5.74, 6) is -0.343. The average Bonchev–Trinajstić information content (AvgIpc) is 3.11. The van der Waals surface area contributed by atoms with Crippen LogP contribution in [-0.4, -0.2) is 63.4 Å². The van der Waals surface area contributed by atoms with E-state index in [1.807, 2.05) is 30.3 Å². The molecule has 0 saturated carbocycles. The Morgan fingerprint density at radius 3 is 2.62 bits per heavy atom. The Kier molecular flexibility index (Phi) is 4.64. The molecule has 3 heterocycles. The number of ether oxygens (including phenoxy) is 1. The van der Waals surface area contributed by atoms with Crippen molar-refractivity contribution >= 4 is 11.6 Å². The molecule has 0 amide bonds. The zero-order chi connectivity index (χ0) is 17.9. The number of rotatable bonds is 5. The molecule has 4 rings (SSSR count). The number of carboxylic acids is 1. The molecule has 1 fully saturated rings. The number of aromatic carboxylic acids is 1. The molecule has 1 N–H and O–H groups in total. The second kappa shape index (κ2) is 7.23. The first-order valence-corrected chi connectivity index (χ1v) is 8.70. The highest BCUT2D eigenvalue weighted by Crippen LogP contribution is 2.22. The van der Waals surface area contributed by atoms with Gasteiger partial charge in [-0.2, -0.15) is 5.10 Å². The number of morpholine rings is 1. The van der Waals surface area contributed by atoms with E-state index in [9.17, 15) is 9.90 Å². The summed E-state index contributed by atoms with van der Waals surface area (Å²) in [5, 5.41) is 14.1. The number of aromatic nitrogens is 3. The largest absolute Gasteiger partial charge is 0.478 e. The zero-order valence-corrected chi connectivity index (χ0v) is 14.3. The first-order chi connectivity index (χ1) is 12.7. The number of hydrogen-bond donors (Lipinski definition) is 1. The minimum Gasteiger partial charge on any atom is -0.478 e. The fraction of sp³-hybridized carbons (Fsp3) is 0.316. The summed E-state index contributed by atoms with van der Waals surface area (Å²) in [6.45, 7) is 4.15. The maximum atomic E-state index is 11.6. The zero-order valence-electron chi connectivity index (χ0n) is 14.3. The van der Waals surface area contributed by atoms with Gasteiger partial charge in [-0.1, -0.05) is 30.3 Å². The van der Waals surface area contributed by atoms with Gasteiger partial charge in [-0.3, -0.25) is 4.90 Å². The fourth-order valence-corrected chi connectivity index (χ4v) is 3.19. The molecular formula is C19H20N4O3. The van der Waals surface area contributed by atoms with Crippen molar-refractivity contribution in [3.8, 4) is 11.3 Å². The molecule has 1 saturated heterocycles. The van der Waals surface area contributed by atoms with Gasteiger partial charge in [0.25, 0.3) is 0 Å². The topological polar surface area (TPSA) is 80.0 Å². The molecule has 7 heteroatoms. The van der Waals surface area contributed by atoms with Crippen LogP contribution in [0.5, 0.6) is 0 Å². The Balaban J connectivity index is 1.69. The molecule has 1 aliphatic rings. The predicted molar refractivity (Wildman–Crippen MR) is 96.3 cm³/mol. The molecule has 0 spiro atoms. The number of pyridine rings is 1. The van der Waals surface area contributed by atoms with E-state index in [0.717, 1.165) is 44.1 Å². The number of carboxylic acid groups (broad SMARTS) is 1. The maximum absolute atomic E-state index is 11.6. The molecule has 7 nitrogen and oxygen atoms in total. The van der Waals surface area contributed by atoms with Crippen LogP contribution in [0.2, 0.25) is 0 Å². The Bertz CT molecular complexity index is 917. The first-order valence-electron chi connectivity index (χ1n) is 8.70. The van der Waals surface area contributed by atoms with Crippen molar-refractivity contribution in [3.05, 3.63) is 53.9 Å². The highest BCUT2D eigenvalue weighted by atomic mass is 16.5. The van der Waals surface area contributed by atoms with E-state index >= 15 is 0 Å². The van der Waals surface area contributed by atoms with Crippen molar-refractivity contribution in [1.29, 1.82) is 0 Å². The molecule has 0 atom stereocenters. The van der Waals surface area contributed by atoms with Crippen molar-refractivity contribution in [2.45, 2.75) is 6.42 Å². The van der Waals surface area contributed by atoms with Gasteiger partial charge in [0.05, 0.1) is 18.9 Å². The predicted octanol–water partition coefficient (Wildman–Crippen LogP) is 1.97. The number of carbonyl (C=O) groups is 1. The molecule has 26 heavy (non-hydrogen) atoms. The molecule has 134 valence electrons. The fourth-order valence-electron chi connectivity index (χ4n) is 3.19. The lowest BCUT2D eigenvalue weighted by atomic mass is 10.1. The van der Waals surface area contributed by atoms with Crippen molar-refractivity contribution in [2.24, 2.45) is 0 Å². The van der Waals surface area contributed by atoms with Crippen LogP contribution in [0.1, 0.15) is 16.2 Å². The summed E-state index contributed by atoms with van der Waals surface area (Å²) in [7, 11) is 0. The monoisotopic (exact) mass is 352 g/mol. The van der Waals surface area contributed by atoms with Crippen LogP contribution < -0.4 is 0 Å². The minimum atomic E-state index is -0.998. The molecule has 0 radical (unpaired) electrons. The molecule has 3 aromatic rings. The summed E-state index contributed by atoms with van der Waals surface area (Å²) in [4.78, 5) is 18.4. The van der Waals surface area contributed by atoms with Crippen molar-refractivity contribution in [3.63, 3.8) is 0 Å². The van der Waals surface area contributed by atoms with E-state index in [4.69, 9.17) is 4.74 Å². The van der Waals surface area contributed by atoms with Gasteiger partial charge < -0.3 is 9.84 Å². The summed E-state index contributed by atoms with van der Waals surface area (Å²) < 4.78 is 7.01. The molecule has 0 unspecified atom stereocenters. The Morgan fingerprint density at radius 2 is 1.88 bits per heavy atom. The van der Waals surface area contributed by atoms with Gasteiger partial charge in [0, 0.05) is 31.6 Å². The average molecular weight is 352 g/mol. The van der Waals surface area contributed by atoms with Crippen LogP contribution in [0.25, 0.3) is 16.9 Å². The Hall–Kier alpha value is -2.77. The van der Waals surface area contributed by atoms with Crippen LogP contribution in [0.15, 0.2) is 42.5 Å². The minimum absolute atomic E-state index is 0.162. The normalized spacial score (nSPS) is 15.4. The van der Waals surface area contributed by atoms with E-state index < -0.39 is 5.97 Å². The molecule has 2 aromatic heterocycles. The molecule has 0 bridgehead atoms. The van der Waals surface area contributed by atoms with E-state index in [2.05, 4.69) is 15.0 Å². The van der Waals surface area contributed by atoms with Gasteiger partial charge in [-0.15, -0.1) is 0 Å². The Labute approximate surface area is 150 Å². The number of benzene rings is 1. The van der Waals surface area contributed by atoms with Gasteiger partial charge in [0.1, 0.15) is 5.56 Å². The quantitative estimate of drug-likeness (QED) is 0.756. The van der Waals surface area contributed by atoms with E-state index in [1.165, 1.54) is 0 Å². The summed E-state index contributed by atoms with van der Waals surface area (Å²) in [5.41, 5.74) is 2.35. The van der Waals surface area contributed by atoms with Crippen LogP contribution >= 0.6 is 0 Å². The number of hydrogen-bond acceptors (Lipinski definition) is 5. The van der Waals surface area contributed by atoms with E-state index in [-0.39, 0.29) is 5.56 Å². The van der Waals surface area contributed by atoms with E-state index in [0.29, 0.717) is 17.9 Å². The number of fused-ring (bicyclic) bond motifs is 1. The summed E-state index contributed by atoms with van der Waals surface area (Å²) in [6.07, 6.45) is 0.676. The second-order valence-corrected chi connectivity index (χ2v) is 6.27. The maximum Gasteiger partial charge on any atom is 0.339 e. The highest BCUT2D eigenvalue weighted by Gasteiger charge is 2.18. The van der Waals surface area contributed by atoms with Crippen LogP contribution in [-0.2, 0) is 11.2 Å². The Morgan fingerprint density at radius 1 is 1.12 bits per heavy atom. The standard InChI is InChI=1S/C19H20N4O3/c24-19(25)15-6-7-16(14-4-2-1-3-5-14)23-18(15)20-17(21-23)8-9-22-10-12-26-13-11-22/h1-7H,8-13H2,(H,24,25). The lowest BCUT2D eigenvalue weighted by Crippen LogP contribution is -2.37. The van der Waals surface area contributed by atoms with Crippen molar-refractivity contribution < 1.29 is 14.6 Å². The highest BCUT2D eigenvalue weighted by molar-refractivity contribution is 5.95. The summed E-state index contributed by atoms with van der Waals surface area (Å²) >= 11 is 0. The SMILES string of the molecule is O=C(O)c1ccc(-c2ccccc2)n2nc(CCN3CCOCC3)nc12. The molecule has 1 aromatic carbocycles. The van der Waals surface area contributed by atoms with Gasteiger partial charge >= 0.3 is 5.97 Å². The van der Waals surface area contributed by atoms with Gasteiger partial charge in [-0.05, 0) is 12.1 Å².